The number of aromatic nitrogens is 2. The van der Waals surface area contributed by atoms with Gasteiger partial charge >= 0.3 is 0 Å². The lowest BCUT2D eigenvalue weighted by Gasteiger charge is -2.11. The van der Waals surface area contributed by atoms with Gasteiger partial charge in [0, 0.05) is 18.8 Å². The molecule has 0 bridgehead atoms. The van der Waals surface area contributed by atoms with E-state index in [0.29, 0.717) is 0 Å². The molecule has 17 heavy (non-hydrogen) atoms. The average Bonchev–Trinajstić information content (AvgIpc) is 2.68. The van der Waals surface area contributed by atoms with Crippen LogP contribution in [-0.2, 0) is 7.05 Å². The molecular formula is C13H17N3O. The number of nitrogens with zero attached hydrogens (tertiary/aromatic N) is 2. The molecule has 0 saturated carbocycles. The summed E-state index contributed by atoms with van der Waals surface area (Å²) in [7, 11) is 3.55. The highest BCUT2D eigenvalue weighted by molar-refractivity contribution is 5.35. The Morgan fingerprint density at radius 1 is 1.29 bits per heavy atom. The summed E-state index contributed by atoms with van der Waals surface area (Å²) >= 11 is 0. The fourth-order valence-electron chi connectivity index (χ4n) is 1.91. The van der Waals surface area contributed by atoms with E-state index in [1.165, 1.54) is 0 Å². The molecule has 2 rings (SSSR count). The second-order valence-corrected chi connectivity index (χ2v) is 4.09. The monoisotopic (exact) mass is 231 g/mol. The lowest BCUT2D eigenvalue weighted by atomic mass is 10.0. The molecule has 1 heterocycles. The van der Waals surface area contributed by atoms with E-state index >= 15 is 0 Å². The van der Waals surface area contributed by atoms with Crippen molar-refractivity contribution in [3.05, 3.63) is 47.3 Å². The normalized spacial score (nSPS) is 12.5. The van der Waals surface area contributed by atoms with Crippen LogP contribution in [0.2, 0.25) is 0 Å². The fourth-order valence-corrected chi connectivity index (χ4v) is 1.91. The Balaban J connectivity index is 2.30. The molecule has 2 N–H and O–H groups in total. The zero-order chi connectivity index (χ0) is 12.4. The lowest BCUT2D eigenvalue weighted by Crippen LogP contribution is -2.12. The Morgan fingerprint density at radius 3 is 2.41 bits per heavy atom. The topological polar surface area (TPSA) is 53.1 Å². The SMILES string of the molecule is COc1ccc(C(N)c2cn(C)nc2C)cc1. The maximum Gasteiger partial charge on any atom is 0.118 e. The molecule has 1 atom stereocenters. The Labute approximate surface area is 101 Å². The van der Waals surface area contributed by atoms with Crippen LogP contribution in [0, 0.1) is 6.92 Å². The Bertz CT molecular complexity index is 502. The molecule has 0 aliphatic heterocycles. The van der Waals surface area contributed by atoms with Crippen molar-refractivity contribution in [1.29, 1.82) is 0 Å². The highest BCUT2D eigenvalue weighted by Gasteiger charge is 2.14. The smallest absolute Gasteiger partial charge is 0.118 e. The first-order chi connectivity index (χ1) is 8.11. The van der Waals surface area contributed by atoms with E-state index in [4.69, 9.17) is 10.5 Å². The quantitative estimate of drug-likeness (QED) is 0.876. The third-order valence-electron chi connectivity index (χ3n) is 2.86. The van der Waals surface area contributed by atoms with E-state index in [1.54, 1.807) is 11.8 Å². The molecule has 0 aliphatic carbocycles. The first kappa shape index (κ1) is 11.7. The Morgan fingerprint density at radius 2 is 1.94 bits per heavy atom. The van der Waals surface area contributed by atoms with Crippen LogP contribution in [0.25, 0.3) is 0 Å². The van der Waals surface area contributed by atoms with Crippen LogP contribution < -0.4 is 10.5 Å². The number of hydrogen-bond donors (Lipinski definition) is 1. The Kier molecular flexibility index (Phi) is 3.15. The summed E-state index contributed by atoms with van der Waals surface area (Å²) in [6.07, 6.45) is 1.96. The molecule has 0 saturated heterocycles. The van der Waals surface area contributed by atoms with Gasteiger partial charge in [-0.1, -0.05) is 12.1 Å². The molecule has 0 aliphatic rings. The molecule has 90 valence electrons. The van der Waals surface area contributed by atoms with Crippen molar-refractivity contribution < 1.29 is 4.74 Å². The third-order valence-corrected chi connectivity index (χ3v) is 2.86. The van der Waals surface area contributed by atoms with Crippen molar-refractivity contribution in [2.75, 3.05) is 7.11 Å². The summed E-state index contributed by atoms with van der Waals surface area (Å²) in [5.41, 5.74) is 9.31. The number of methoxy groups -OCH3 is 1. The Hall–Kier alpha value is -1.81. The number of hydrogen-bond acceptors (Lipinski definition) is 3. The van der Waals surface area contributed by atoms with E-state index in [9.17, 15) is 0 Å². The third kappa shape index (κ3) is 2.31. The summed E-state index contributed by atoms with van der Waals surface area (Å²) in [6, 6.07) is 7.66. The molecule has 4 heteroatoms. The first-order valence-electron chi connectivity index (χ1n) is 5.51. The van der Waals surface area contributed by atoms with Gasteiger partial charge in [0.2, 0.25) is 0 Å². The number of benzene rings is 1. The largest absolute Gasteiger partial charge is 0.497 e. The van der Waals surface area contributed by atoms with Crippen LogP contribution in [0.4, 0.5) is 0 Å². The minimum Gasteiger partial charge on any atom is -0.497 e. The van der Waals surface area contributed by atoms with Gasteiger partial charge in [0.15, 0.2) is 0 Å². The second-order valence-electron chi connectivity index (χ2n) is 4.09. The lowest BCUT2D eigenvalue weighted by molar-refractivity contribution is 0.414. The van der Waals surface area contributed by atoms with Crippen molar-refractivity contribution in [3.63, 3.8) is 0 Å². The molecular weight excluding hydrogens is 214 g/mol. The first-order valence-corrected chi connectivity index (χ1v) is 5.51. The average molecular weight is 231 g/mol. The van der Waals surface area contributed by atoms with Crippen LogP contribution in [0.15, 0.2) is 30.5 Å². The zero-order valence-corrected chi connectivity index (χ0v) is 10.3. The standard InChI is InChI=1S/C13H17N3O/c1-9-12(8-16(2)15-9)13(14)10-4-6-11(17-3)7-5-10/h4-8,13H,14H2,1-3H3. The van der Waals surface area contributed by atoms with Gasteiger partial charge < -0.3 is 10.5 Å². The molecule has 1 aromatic heterocycles. The van der Waals surface area contributed by atoms with Gasteiger partial charge in [-0.3, -0.25) is 4.68 Å². The predicted octanol–water partition coefficient (Wildman–Crippen LogP) is 1.79. The van der Waals surface area contributed by atoms with E-state index in [0.717, 1.165) is 22.6 Å². The van der Waals surface area contributed by atoms with Crippen molar-refractivity contribution >= 4 is 0 Å². The minimum atomic E-state index is -0.144. The van der Waals surface area contributed by atoms with Crippen molar-refractivity contribution in [3.8, 4) is 5.75 Å². The van der Waals surface area contributed by atoms with Crippen LogP contribution in [0.5, 0.6) is 5.75 Å². The second kappa shape index (κ2) is 4.59. The summed E-state index contributed by atoms with van der Waals surface area (Å²) in [5, 5.41) is 4.30. The van der Waals surface area contributed by atoms with Crippen LogP contribution in [0.3, 0.4) is 0 Å². The van der Waals surface area contributed by atoms with Crippen molar-refractivity contribution in [2.24, 2.45) is 12.8 Å². The van der Waals surface area contributed by atoms with Crippen molar-refractivity contribution in [1.82, 2.24) is 9.78 Å². The van der Waals surface area contributed by atoms with Gasteiger partial charge in [-0.15, -0.1) is 0 Å². The highest BCUT2D eigenvalue weighted by Crippen LogP contribution is 2.23. The molecule has 0 radical (unpaired) electrons. The predicted molar refractivity (Wildman–Crippen MR) is 67.0 cm³/mol. The number of aryl methyl sites for hydroxylation is 2. The van der Waals surface area contributed by atoms with Gasteiger partial charge in [0.1, 0.15) is 5.75 Å². The summed E-state index contributed by atoms with van der Waals surface area (Å²) in [5.74, 6) is 0.837. The molecule has 0 fully saturated rings. The van der Waals surface area contributed by atoms with Crippen LogP contribution in [-0.4, -0.2) is 16.9 Å². The van der Waals surface area contributed by atoms with Crippen LogP contribution in [0.1, 0.15) is 22.9 Å². The van der Waals surface area contributed by atoms with E-state index < -0.39 is 0 Å². The van der Waals surface area contributed by atoms with Gasteiger partial charge in [-0.2, -0.15) is 5.10 Å². The van der Waals surface area contributed by atoms with E-state index in [2.05, 4.69) is 5.10 Å². The van der Waals surface area contributed by atoms with Crippen LogP contribution >= 0.6 is 0 Å². The van der Waals surface area contributed by atoms with Gasteiger partial charge in [-0.05, 0) is 24.6 Å². The van der Waals surface area contributed by atoms with E-state index in [1.807, 2.05) is 44.4 Å². The molecule has 4 nitrogen and oxygen atoms in total. The molecule has 1 aromatic carbocycles. The number of ether oxygens (including phenoxy) is 1. The van der Waals surface area contributed by atoms with E-state index in [-0.39, 0.29) is 6.04 Å². The summed E-state index contributed by atoms with van der Waals surface area (Å²) in [4.78, 5) is 0. The molecule has 0 spiro atoms. The summed E-state index contributed by atoms with van der Waals surface area (Å²) in [6.45, 7) is 1.97. The zero-order valence-electron chi connectivity index (χ0n) is 10.3. The fraction of sp³-hybridized carbons (Fsp3) is 0.308. The maximum atomic E-state index is 6.23. The van der Waals surface area contributed by atoms with Gasteiger partial charge in [0.25, 0.3) is 0 Å². The molecule has 0 amide bonds. The maximum absolute atomic E-state index is 6.23. The number of rotatable bonds is 3. The summed E-state index contributed by atoms with van der Waals surface area (Å²) < 4.78 is 6.91. The number of nitrogens with two attached hydrogens (primary N) is 1. The molecule has 1 unspecified atom stereocenters. The highest BCUT2D eigenvalue weighted by atomic mass is 16.5. The van der Waals surface area contributed by atoms with Gasteiger partial charge in [-0.25, -0.2) is 0 Å². The van der Waals surface area contributed by atoms with Crippen molar-refractivity contribution in [2.45, 2.75) is 13.0 Å². The minimum absolute atomic E-state index is 0.144. The molecule has 2 aromatic rings. The van der Waals surface area contributed by atoms with Gasteiger partial charge in [0.05, 0.1) is 18.8 Å².